The molecule has 1 aromatic carbocycles. The molecule has 17 heavy (non-hydrogen) atoms. The van der Waals surface area contributed by atoms with Crippen LogP contribution in [0.1, 0.15) is 5.69 Å². The van der Waals surface area contributed by atoms with E-state index < -0.39 is 0 Å². The predicted molar refractivity (Wildman–Crippen MR) is 66.2 cm³/mol. The van der Waals surface area contributed by atoms with Gasteiger partial charge in [-0.25, -0.2) is 9.37 Å². The quantitative estimate of drug-likeness (QED) is 0.875. The zero-order valence-corrected chi connectivity index (χ0v) is 10.1. The molecule has 1 N–H and O–H groups in total. The van der Waals surface area contributed by atoms with Crippen LogP contribution in [0.2, 0.25) is 0 Å². The van der Waals surface area contributed by atoms with E-state index in [4.69, 9.17) is 0 Å². The molecule has 0 aliphatic heterocycles. The van der Waals surface area contributed by atoms with Crippen LogP contribution in [0.4, 0.5) is 4.39 Å². The molecule has 0 spiro atoms. The highest BCUT2D eigenvalue weighted by Crippen LogP contribution is 2.19. The third-order valence-corrected chi connectivity index (χ3v) is 2.82. The molecule has 0 aliphatic rings. The maximum absolute atomic E-state index is 12.8. The van der Waals surface area contributed by atoms with Gasteiger partial charge in [-0.2, -0.15) is 0 Å². The molecule has 0 saturated carbocycles. The van der Waals surface area contributed by atoms with E-state index in [9.17, 15) is 4.39 Å². The molecular weight excluding hydrogens is 217 g/mol. The number of hydrogen-bond donors (Lipinski definition) is 1. The Kier molecular flexibility index (Phi) is 3.54. The Morgan fingerprint density at radius 3 is 2.65 bits per heavy atom. The van der Waals surface area contributed by atoms with Gasteiger partial charge >= 0.3 is 0 Å². The molecule has 4 heteroatoms. The fraction of sp³-hybridized carbons (Fsp3) is 0.308. The van der Waals surface area contributed by atoms with E-state index in [1.165, 1.54) is 17.8 Å². The number of aromatic nitrogens is 2. The van der Waals surface area contributed by atoms with Gasteiger partial charge in [0.1, 0.15) is 11.6 Å². The highest BCUT2D eigenvalue weighted by Gasteiger charge is 2.08. The van der Waals surface area contributed by atoms with Gasteiger partial charge in [-0.05, 0) is 31.3 Å². The molecule has 0 fully saturated rings. The van der Waals surface area contributed by atoms with Gasteiger partial charge in [-0.15, -0.1) is 0 Å². The van der Waals surface area contributed by atoms with Crippen molar-refractivity contribution in [3.8, 4) is 11.4 Å². The zero-order chi connectivity index (χ0) is 12.3. The fourth-order valence-corrected chi connectivity index (χ4v) is 1.80. The highest BCUT2D eigenvalue weighted by molar-refractivity contribution is 5.55. The summed E-state index contributed by atoms with van der Waals surface area (Å²) >= 11 is 0. The van der Waals surface area contributed by atoms with Crippen molar-refractivity contribution in [2.45, 2.75) is 6.42 Å². The lowest BCUT2D eigenvalue weighted by Crippen LogP contribution is -2.12. The Morgan fingerprint density at radius 1 is 1.29 bits per heavy atom. The molecule has 1 aromatic heterocycles. The standard InChI is InChI=1S/C13H16FN3/c1-15-8-7-12-9-16-13(17(12)2)10-3-5-11(14)6-4-10/h3-6,9,15H,7-8H2,1-2H3. The minimum Gasteiger partial charge on any atom is -0.331 e. The van der Waals surface area contributed by atoms with E-state index in [1.807, 2.05) is 24.9 Å². The Labute approximate surface area is 100 Å². The second-order valence-electron chi connectivity index (χ2n) is 3.99. The molecule has 0 radical (unpaired) electrons. The minimum atomic E-state index is -0.224. The molecule has 0 atom stereocenters. The van der Waals surface area contributed by atoms with Crippen molar-refractivity contribution in [3.63, 3.8) is 0 Å². The van der Waals surface area contributed by atoms with Crippen molar-refractivity contribution in [1.29, 1.82) is 0 Å². The number of halogens is 1. The van der Waals surface area contributed by atoms with Crippen LogP contribution in [-0.2, 0) is 13.5 Å². The monoisotopic (exact) mass is 233 g/mol. The van der Waals surface area contributed by atoms with Gasteiger partial charge in [-0.1, -0.05) is 0 Å². The van der Waals surface area contributed by atoms with Gasteiger partial charge < -0.3 is 9.88 Å². The Balaban J connectivity index is 2.27. The van der Waals surface area contributed by atoms with Crippen LogP contribution in [0.25, 0.3) is 11.4 Å². The molecule has 2 aromatic rings. The summed E-state index contributed by atoms with van der Waals surface area (Å²) in [5.41, 5.74) is 2.10. The largest absolute Gasteiger partial charge is 0.331 e. The van der Waals surface area contributed by atoms with Gasteiger partial charge in [0.25, 0.3) is 0 Å². The van der Waals surface area contributed by atoms with Crippen molar-refractivity contribution in [2.24, 2.45) is 7.05 Å². The van der Waals surface area contributed by atoms with Crippen molar-refractivity contribution in [2.75, 3.05) is 13.6 Å². The number of nitrogens with one attached hydrogen (secondary N) is 1. The van der Waals surface area contributed by atoms with E-state index in [-0.39, 0.29) is 5.82 Å². The van der Waals surface area contributed by atoms with Gasteiger partial charge in [0.2, 0.25) is 0 Å². The summed E-state index contributed by atoms with van der Waals surface area (Å²) in [7, 11) is 3.91. The van der Waals surface area contributed by atoms with Gasteiger partial charge in [0.05, 0.1) is 0 Å². The van der Waals surface area contributed by atoms with Crippen LogP contribution in [0, 0.1) is 5.82 Å². The van der Waals surface area contributed by atoms with Gasteiger partial charge in [0.15, 0.2) is 0 Å². The second kappa shape index (κ2) is 5.10. The van der Waals surface area contributed by atoms with E-state index in [0.717, 1.165) is 24.4 Å². The van der Waals surface area contributed by atoms with E-state index in [0.29, 0.717) is 0 Å². The summed E-state index contributed by atoms with van der Waals surface area (Å²) in [5, 5.41) is 3.11. The molecule has 0 unspecified atom stereocenters. The third kappa shape index (κ3) is 2.53. The molecular formula is C13H16FN3. The van der Waals surface area contributed by atoms with E-state index in [1.54, 1.807) is 12.1 Å². The lowest BCUT2D eigenvalue weighted by molar-refractivity contribution is 0.628. The van der Waals surface area contributed by atoms with E-state index in [2.05, 4.69) is 10.3 Å². The number of likely N-dealkylation sites (N-methyl/N-ethyl adjacent to an activating group) is 1. The van der Waals surface area contributed by atoms with E-state index >= 15 is 0 Å². The number of benzene rings is 1. The highest BCUT2D eigenvalue weighted by atomic mass is 19.1. The summed E-state index contributed by atoms with van der Waals surface area (Å²) in [6.07, 6.45) is 2.80. The summed E-state index contributed by atoms with van der Waals surface area (Å²) in [6, 6.07) is 6.41. The first kappa shape index (κ1) is 11.8. The van der Waals surface area contributed by atoms with Crippen molar-refractivity contribution in [1.82, 2.24) is 14.9 Å². The Bertz CT molecular complexity index is 488. The van der Waals surface area contributed by atoms with Crippen LogP contribution in [0.3, 0.4) is 0 Å². The molecule has 0 saturated heterocycles. The number of hydrogen-bond acceptors (Lipinski definition) is 2. The third-order valence-electron chi connectivity index (χ3n) is 2.82. The van der Waals surface area contributed by atoms with Gasteiger partial charge in [-0.3, -0.25) is 0 Å². The maximum Gasteiger partial charge on any atom is 0.139 e. The van der Waals surface area contributed by atoms with Crippen molar-refractivity contribution < 1.29 is 4.39 Å². The summed E-state index contributed by atoms with van der Waals surface area (Å²) in [6.45, 7) is 0.919. The first-order valence-corrected chi connectivity index (χ1v) is 5.63. The number of nitrogens with zero attached hydrogens (tertiary/aromatic N) is 2. The summed E-state index contributed by atoms with van der Waals surface area (Å²) in [4.78, 5) is 4.38. The predicted octanol–water partition coefficient (Wildman–Crippen LogP) is 1.99. The second-order valence-corrected chi connectivity index (χ2v) is 3.99. The number of rotatable bonds is 4. The van der Waals surface area contributed by atoms with Crippen LogP contribution in [0.15, 0.2) is 30.5 Å². The van der Waals surface area contributed by atoms with Crippen molar-refractivity contribution in [3.05, 3.63) is 42.0 Å². The maximum atomic E-state index is 12.8. The smallest absolute Gasteiger partial charge is 0.139 e. The average molecular weight is 233 g/mol. The summed E-state index contributed by atoms with van der Waals surface area (Å²) in [5.74, 6) is 0.648. The summed E-state index contributed by atoms with van der Waals surface area (Å²) < 4.78 is 14.9. The normalized spacial score (nSPS) is 10.8. The molecule has 0 aliphatic carbocycles. The Hall–Kier alpha value is -1.68. The van der Waals surface area contributed by atoms with Crippen LogP contribution < -0.4 is 5.32 Å². The molecule has 0 amide bonds. The van der Waals surface area contributed by atoms with Crippen LogP contribution in [-0.4, -0.2) is 23.1 Å². The lowest BCUT2D eigenvalue weighted by atomic mass is 10.2. The first-order valence-electron chi connectivity index (χ1n) is 5.63. The topological polar surface area (TPSA) is 29.9 Å². The van der Waals surface area contributed by atoms with Gasteiger partial charge in [0, 0.05) is 37.5 Å². The lowest BCUT2D eigenvalue weighted by Gasteiger charge is -2.05. The molecule has 2 rings (SSSR count). The average Bonchev–Trinajstić information content (AvgIpc) is 2.69. The number of imidazole rings is 1. The molecule has 3 nitrogen and oxygen atoms in total. The van der Waals surface area contributed by atoms with Crippen LogP contribution in [0.5, 0.6) is 0 Å². The molecule has 90 valence electrons. The molecule has 1 heterocycles. The SMILES string of the molecule is CNCCc1cnc(-c2ccc(F)cc2)n1C. The first-order chi connectivity index (χ1) is 8.22. The fourth-order valence-electron chi connectivity index (χ4n) is 1.80. The minimum absolute atomic E-state index is 0.224. The van der Waals surface area contributed by atoms with Crippen LogP contribution >= 0.6 is 0 Å². The van der Waals surface area contributed by atoms with Crippen molar-refractivity contribution >= 4 is 0 Å². The molecule has 0 bridgehead atoms. The zero-order valence-electron chi connectivity index (χ0n) is 10.1. The Morgan fingerprint density at radius 2 is 2.00 bits per heavy atom.